The van der Waals surface area contributed by atoms with E-state index in [1.807, 2.05) is 36.4 Å². The quantitative estimate of drug-likeness (QED) is 0.534. The third kappa shape index (κ3) is 1.92. The maximum atomic E-state index is 13.9. The number of halogens is 1. The minimum atomic E-state index is -0.505. The van der Waals surface area contributed by atoms with Crippen molar-refractivity contribution in [2.75, 3.05) is 4.90 Å². The van der Waals surface area contributed by atoms with Gasteiger partial charge in [-0.25, -0.2) is 4.90 Å². The average Bonchev–Trinajstić information content (AvgIpc) is 3.05. The Morgan fingerprint density at radius 2 is 1.40 bits per heavy atom. The molecule has 2 amide bonds. The number of para-hydroxylation sites is 1. The topological polar surface area (TPSA) is 37.4 Å². The Morgan fingerprint density at radius 3 is 2.00 bits per heavy atom. The molecule has 0 saturated carbocycles. The van der Waals surface area contributed by atoms with Crippen LogP contribution in [0.2, 0.25) is 5.02 Å². The molecule has 1 aliphatic heterocycles. The molecule has 3 nitrogen and oxygen atoms in total. The molecule has 3 aliphatic carbocycles. The predicted octanol–water partition coefficient (Wildman–Crippen LogP) is 5.30. The molecule has 4 aliphatic rings. The van der Waals surface area contributed by atoms with Gasteiger partial charge in [-0.1, -0.05) is 79.2 Å². The molecule has 0 aromatic heterocycles. The molecule has 30 heavy (non-hydrogen) atoms. The van der Waals surface area contributed by atoms with Gasteiger partial charge in [-0.15, -0.1) is 0 Å². The van der Waals surface area contributed by atoms with Crippen LogP contribution in [-0.2, 0) is 15.0 Å². The molecule has 3 aromatic rings. The van der Waals surface area contributed by atoms with E-state index in [-0.39, 0.29) is 17.7 Å². The molecular weight excluding hydrogens is 394 g/mol. The van der Waals surface area contributed by atoms with E-state index in [1.54, 1.807) is 12.1 Å². The Kier molecular flexibility index (Phi) is 3.61. The number of nitrogens with zero attached hydrogens (tertiary/aromatic N) is 1. The number of imide groups is 1. The lowest BCUT2D eigenvalue weighted by atomic mass is 9.46. The third-order valence-corrected chi connectivity index (χ3v) is 7.76. The molecule has 1 saturated heterocycles. The molecule has 0 N–H and O–H groups in total. The van der Waals surface area contributed by atoms with Crippen LogP contribution in [0.15, 0.2) is 72.8 Å². The van der Waals surface area contributed by atoms with Gasteiger partial charge in [0.05, 0.1) is 22.5 Å². The summed E-state index contributed by atoms with van der Waals surface area (Å²) in [7, 11) is 0. The molecule has 0 spiro atoms. The largest absolute Gasteiger partial charge is 0.274 e. The molecule has 2 bridgehead atoms. The zero-order valence-electron chi connectivity index (χ0n) is 16.5. The zero-order valence-corrected chi connectivity index (χ0v) is 17.3. The molecular formula is C26H20ClNO2. The van der Waals surface area contributed by atoms with Gasteiger partial charge in [0.2, 0.25) is 11.8 Å². The van der Waals surface area contributed by atoms with Crippen LogP contribution in [-0.4, -0.2) is 11.8 Å². The van der Waals surface area contributed by atoms with Gasteiger partial charge in [-0.05, 0) is 40.8 Å². The maximum Gasteiger partial charge on any atom is 0.239 e. The summed E-state index contributed by atoms with van der Waals surface area (Å²) >= 11 is 6.42. The minimum absolute atomic E-state index is 0.111. The van der Waals surface area contributed by atoms with Crippen LogP contribution < -0.4 is 4.90 Å². The van der Waals surface area contributed by atoms with Crippen LogP contribution in [0.3, 0.4) is 0 Å². The smallest absolute Gasteiger partial charge is 0.239 e. The molecule has 3 aromatic carbocycles. The van der Waals surface area contributed by atoms with Crippen molar-refractivity contribution in [2.45, 2.75) is 24.7 Å². The molecule has 4 heteroatoms. The molecule has 2 atom stereocenters. The number of carbonyl (C=O) groups is 2. The lowest BCUT2D eigenvalue weighted by Gasteiger charge is -2.54. The summed E-state index contributed by atoms with van der Waals surface area (Å²) in [5, 5.41) is 0.422. The predicted molar refractivity (Wildman–Crippen MR) is 117 cm³/mol. The van der Waals surface area contributed by atoms with Crippen LogP contribution in [0.5, 0.6) is 0 Å². The summed E-state index contributed by atoms with van der Waals surface area (Å²) in [6, 6.07) is 23.8. The Balaban J connectivity index is 1.66. The van der Waals surface area contributed by atoms with Gasteiger partial charge in [-0.2, -0.15) is 0 Å². The highest BCUT2D eigenvalue weighted by molar-refractivity contribution is 6.36. The standard InChI is InChI=1S/C26H20ClNO2/c1-2-26-17-11-5-3-9-15(17)21(16-10-4-6-12-18(16)26)22-23(26)25(30)28(24(22)29)20-14-8-7-13-19(20)27/h3-14,21-23H,2H2,1H3/t21?,22-,23-,26?/m0/s1. The van der Waals surface area contributed by atoms with E-state index in [4.69, 9.17) is 11.6 Å². The van der Waals surface area contributed by atoms with Gasteiger partial charge < -0.3 is 0 Å². The van der Waals surface area contributed by atoms with Crippen LogP contribution in [0, 0.1) is 11.8 Å². The van der Waals surface area contributed by atoms with E-state index >= 15 is 0 Å². The van der Waals surface area contributed by atoms with Crippen molar-refractivity contribution in [3.63, 3.8) is 0 Å². The number of hydrogen-bond acceptors (Lipinski definition) is 2. The second kappa shape index (κ2) is 6.05. The van der Waals surface area contributed by atoms with Gasteiger partial charge in [-0.3, -0.25) is 9.59 Å². The van der Waals surface area contributed by atoms with Crippen molar-refractivity contribution in [2.24, 2.45) is 11.8 Å². The SMILES string of the molecule is CCC12c3ccccc3C(c3ccccc31)[C@@H]1C(=O)N(c3ccccc3Cl)C(=O)[C@H]12. The molecule has 0 radical (unpaired) electrons. The Morgan fingerprint density at radius 1 is 0.833 bits per heavy atom. The number of rotatable bonds is 2. The van der Waals surface area contributed by atoms with E-state index < -0.39 is 17.3 Å². The van der Waals surface area contributed by atoms with Gasteiger partial charge in [0.1, 0.15) is 0 Å². The zero-order chi connectivity index (χ0) is 20.6. The summed E-state index contributed by atoms with van der Waals surface area (Å²) in [6.07, 6.45) is 0.754. The van der Waals surface area contributed by atoms with Gasteiger partial charge in [0, 0.05) is 11.3 Å². The normalized spacial score (nSPS) is 28.3. The lowest BCUT2D eigenvalue weighted by molar-refractivity contribution is -0.123. The molecule has 148 valence electrons. The van der Waals surface area contributed by atoms with Crippen LogP contribution in [0.25, 0.3) is 0 Å². The third-order valence-electron chi connectivity index (χ3n) is 7.45. The monoisotopic (exact) mass is 413 g/mol. The summed E-state index contributed by atoms with van der Waals surface area (Å²) in [4.78, 5) is 29.1. The molecule has 7 rings (SSSR count). The highest BCUT2D eigenvalue weighted by atomic mass is 35.5. The van der Waals surface area contributed by atoms with Crippen molar-refractivity contribution in [1.82, 2.24) is 0 Å². The summed E-state index contributed by atoms with van der Waals surface area (Å²) in [6.45, 7) is 2.13. The Bertz CT molecular complexity index is 1190. The van der Waals surface area contributed by atoms with Gasteiger partial charge in [0.15, 0.2) is 0 Å². The summed E-state index contributed by atoms with van der Waals surface area (Å²) in [5.74, 6) is -1.20. The van der Waals surface area contributed by atoms with E-state index in [9.17, 15) is 9.59 Å². The highest BCUT2D eigenvalue weighted by Crippen LogP contribution is 2.65. The number of carbonyl (C=O) groups excluding carboxylic acids is 2. The first-order chi connectivity index (χ1) is 14.6. The molecule has 0 unspecified atom stereocenters. The summed E-state index contributed by atoms with van der Waals surface area (Å²) in [5.41, 5.74) is 4.74. The van der Waals surface area contributed by atoms with Crippen molar-refractivity contribution >= 4 is 29.1 Å². The first-order valence-electron chi connectivity index (χ1n) is 10.4. The van der Waals surface area contributed by atoms with Crippen LogP contribution >= 0.6 is 11.6 Å². The number of hydrogen-bond donors (Lipinski definition) is 0. The first-order valence-corrected chi connectivity index (χ1v) is 10.8. The average molecular weight is 414 g/mol. The van der Waals surface area contributed by atoms with Crippen molar-refractivity contribution in [3.05, 3.63) is 100 Å². The number of benzene rings is 3. The lowest BCUT2D eigenvalue weighted by Crippen LogP contribution is -2.53. The van der Waals surface area contributed by atoms with E-state index in [0.717, 1.165) is 6.42 Å². The van der Waals surface area contributed by atoms with E-state index in [1.165, 1.54) is 27.2 Å². The van der Waals surface area contributed by atoms with Crippen LogP contribution in [0.1, 0.15) is 41.5 Å². The Labute approximate surface area is 180 Å². The van der Waals surface area contributed by atoms with Gasteiger partial charge in [0.25, 0.3) is 0 Å². The van der Waals surface area contributed by atoms with Gasteiger partial charge >= 0.3 is 0 Å². The molecule has 1 fully saturated rings. The fraction of sp³-hybridized carbons (Fsp3) is 0.231. The minimum Gasteiger partial charge on any atom is -0.274 e. The first kappa shape index (κ1) is 17.9. The highest BCUT2D eigenvalue weighted by Gasteiger charge is 2.67. The second-order valence-electron chi connectivity index (χ2n) is 8.44. The fourth-order valence-electron chi connectivity index (χ4n) is 6.40. The van der Waals surface area contributed by atoms with E-state index in [2.05, 4.69) is 31.2 Å². The van der Waals surface area contributed by atoms with Crippen molar-refractivity contribution in [3.8, 4) is 0 Å². The van der Waals surface area contributed by atoms with E-state index in [0.29, 0.717) is 10.7 Å². The fourth-order valence-corrected chi connectivity index (χ4v) is 6.62. The molecule has 1 heterocycles. The van der Waals surface area contributed by atoms with Crippen molar-refractivity contribution in [1.29, 1.82) is 0 Å². The maximum absolute atomic E-state index is 13.9. The number of amides is 2. The summed E-state index contributed by atoms with van der Waals surface area (Å²) < 4.78 is 0. The van der Waals surface area contributed by atoms with Crippen molar-refractivity contribution < 1.29 is 9.59 Å². The Hall–Kier alpha value is -2.91. The number of anilines is 1. The second-order valence-corrected chi connectivity index (χ2v) is 8.85. The van der Waals surface area contributed by atoms with Crippen LogP contribution in [0.4, 0.5) is 5.69 Å².